The quantitative estimate of drug-likeness (QED) is 0.237. The number of hydrogen-bond acceptors (Lipinski definition) is 5. The molecule has 31 heavy (non-hydrogen) atoms. The molecule has 0 aliphatic carbocycles. The van der Waals surface area contributed by atoms with Gasteiger partial charge in [0.25, 0.3) is 0 Å². The van der Waals surface area contributed by atoms with E-state index < -0.39 is 0 Å². The largest absolute Gasteiger partial charge is 0.399 e. The van der Waals surface area contributed by atoms with Crippen molar-refractivity contribution < 1.29 is 4.48 Å². The summed E-state index contributed by atoms with van der Waals surface area (Å²) in [5.41, 5.74) is 15.5. The third kappa shape index (κ3) is 7.64. The highest BCUT2D eigenvalue weighted by Gasteiger charge is 2.31. The van der Waals surface area contributed by atoms with Gasteiger partial charge in [0, 0.05) is 61.9 Å². The molecule has 0 unspecified atom stereocenters. The average molecular weight is 426 g/mol. The van der Waals surface area contributed by atoms with Crippen molar-refractivity contribution in [3.8, 4) is 0 Å². The van der Waals surface area contributed by atoms with E-state index in [1.165, 1.54) is 69.6 Å². The van der Waals surface area contributed by atoms with E-state index in [9.17, 15) is 0 Å². The molecule has 0 amide bonds. The molecule has 2 aromatic carbocycles. The minimum atomic E-state index is 0.814. The van der Waals surface area contributed by atoms with Crippen molar-refractivity contribution in [3.63, 3.8) is 0 Å². The number of benzene rings is 2. The number of anilines is 4. The third-order valence-corrected chi connectivity index (χ3v) is 6.42. The van der Waals surface area contributed by atoms with Crippen LogP contribution in [0.4, 0.5) is 22.7 Å². The summed E-state index contributed by atoms with van der Waals surface area (Å²) >= 11 is 0. The van der Waals surface area contributed by atoms with Gasteiger partial charge in [0.15, 0.2) is 0 Å². The fourth-order valence-corrected chi connectivity index (χ4v) is 4.57. The second kappa shape index (κ2) is 11.8. The summed E-state index contributed by atoms with van der Waals surface area (Å²) in [6, 6.07) is 16.0. The molecular formula is C25H41N6+. The Hall–Kier alpha value is -2.44. The van der Waals surface area contributed by atoms with Crippen molar-refractivity contribution in [1.82, 2.24) is 4.90 Å². The molecule has 1 heterocycles. The number of nitrogens with one attached hydrogen (secondary N) is 2. The summed E-state index contributed by atoms with van der Waals surface area (Å²) in [4.78, 5) is 2.64. The van der Waals surface area contributed by atoms with Gasteiger partial charge < -0.3 is 26.6 Å². The van der Waals surface area contributed by atoms with Crippen molar-refractivity contribution in [2.75, 3.05) is 81.0 Å². The molecule has 6 nitrogen and oxygen atoms in total. The van der Waals surface area contributed by atoms with E-state index in [0.29, 0.717) is 0 Å². The molecular weight excluding hydrogens is 384 g/mol. The average Bonchev–Trinajstić information content (AvgIpc) is 2.78. The van der Waals surface area contributed by atoms with Crippen LogP contribution in [0, 0.1) is 0 Å². The lowest BCUT2D eigenvalue weighted by molar-refractivity contribution is -0.932. The van der Waals surface area contributed by atoms with Gasteiger partial charge in [-0.05, 0) is 61.4 Å². The zero-order valence-electron chi connectivity index (χ0n) is 19.2. The van der Waals surface area contributed by atoms with Crippen LogP contribution in [0.1, 0.15) is 26.2 Å². The Morgan fingerprint density at radius 2 is 1.29 bits per heavy atom. The molecule has 0 aromatic heterocycles. The van der Waals surface area contributed by atoms with Crippen LogP contribution in [-0.4, -0.2) is 68.3 Å². The predicted molar refractivity (Wildman–Crippen MR) is 134 cm³/mol. The highest BCUT2D eigenvalue weighted by molar-refractivity contribution is 5.51. The molecule has 0 atom stereocenters. The zero-order valence-corrected chi connectivity index (χ0v) is 19.2. The SMILES string of the molecule is CCC[N+]1(CCCNc2ccc(N)cc2)CCN(CCCNc2ccc(N)cc2)CC1. The van der Waals surface area contributed by atoms with Gasteiger partial charge in [-0.15, -0.1) is 0 Å². The van der Waals surface area contributed by atoms with Gasteiger partial charge in [-0.25, -0.2) is 0 Å². The Balaban J connectivity index is 1.34. The number of rotatable bonds is 12. The summed E-state index contributed by atoms with van der Waals surface area (Å²) in [7, 11) is 0. The first kappa shape index (κ1) is 23.2. The van der Waals surface area contributed by atoms with E-state index in [-0.39, 0.29) is 0 Å². The lowest BCUT2D eigenvalue weighted by atomic mass is 10.1. The Bertz CT molecular complexity index is 751. The Morgan fingerprint density at radius 1 is 0.774 bits per heavy atom. The van der Waals surface area contributed by atoms with Crippen LogP contribution in [0.15, 0.2) is 48.5 Å². The van der Waals surface area contributed by atoms with Gasteiger partial charge in [-0.2, -0.15) is 0 Å². The van der Waals surface area contributed by atoms with Crippen LogP contribution in [0.2, 0.25) is 0 Å². The summed E-state index contributed by atoms with van der Waals surface area (Å²) in [5.74, 6) is 0. The van der Waals surface area contributed by atoms with Gasteiger partial charge in [0.05, 0.1) is 26.2 Å². The van der Waals surface area contributed by atoms with E-state index in [4.69, 9.17) is 11.5 Å². The summed E-state index contributed by atoms with van der Waals surface area (Å²) in [6.07, 6.45) is 3.64. The fourth-order valence-electron chi connectivity index (χ4n) is 4.57. The van der Waals surface area contributed by atoms with E-state index in [1.807, 2.05) is 24.3 Å². The highest BCUT2D eigenvalue weighted by Crippen LogP contribution is 2.17. The third-order valence-electron chi connectivity index (χ3n) is 6.42. The number of nitrogens with two attached hydrogens (primary N) is 2. The molecule has 1 fully saturated rings. The minimum absolute atomic E-state index is 0.814. The van der Waals surface area contributed by atoms with Crippen LogP contribution in [0.3, 0.4) is 0 Å². The predicted octanol–water partition coefficient (Wildman–Crippen LogP) is 3.70. The zero-order chi connectivity index (χ0) is 21.9. The molecule has 1 saturated heterocycles. The van der Waals surface area contributed by atoms with Crippen molar-refractivity contribution in [3.05, 3.63) is 48.5 Å². The lowest BCUT2D eigenvalue weighted by Gasteiger charge is -2.45. The molecule has 1 aliphatic heterocycles. The van der Waals surface area contributed by atoms with Crippen LogP contribution >= 0.6 is 0 Å². The molecule has 170 valence electrons. The van der Waals surface area contributed by atoms with Crippen molar-refractivity contribution in [2.45, 2.75) is 26.2 Å². The lowest BCUT2D eigenvalue weighted by Crippen LogP contribution is -2.60. The fraction of sp³-hybridized carbons (Fsp3) is 0.520. The van der Waals surface area contributed by atoms with Gasteiger partial charge in [-0.1, -0.05) is 6.92 Å². The summed E-state index contributed by atoms with van der Waals surface area (Å²) < 4.78 is 1.28. The van der Waals surface area contributed by atoms with Gasteiger partial charge >= 0.3 is 0 Å². The number of nitrogens with zero attached hydrogens (tertiary/aromatic N) is 2. The molecule has 0 bridgehead atoms. The molecule has 0 saturated carbocycles. The molecule has 3 rings (SSSR count). The van der Waals surface area contributed by atoms with Crippen LogP contribution in [0.25, 0.3) is 0 Å². The first-order chi connectivity index (χ1) is 15.1. The van der Waals surface area contributed by atoms with Crippen molar-refractivity contribution in [2.24, 2.45) is 0 Å². The molecule has 6 heteroatoms. The van der Waals surface area contributed by atoms with Gasteiger partial charge in [0.2, 0.25) is 0 Å². The number of hydrogen-bond donors (Lipinski definition) is 4. The second-order valence-corrected chi connectivity index (χ2v) is 8.88. The normalized spacial score (nSPS) is 16.2. The number of nitrogen functional groups attached to an aromatic ring is 2. The maximum absolute atomic E-state index is 5.77. The highest BCUT2D eigenvalue weighted by atomic mass is 15.4. The van der Waals surface area contributed by atoms with E-state index >= 15 is 0 Å². The molecule has 0 spiro atoms. The van der Waals surface area contributed by atoms with Crippen LogP contribution < -0.4 is 22.1 Å². The maximum Gasteiger partial charge on any atom is 0.0916 e. The first-order valence-electron chi connectivity index (χ1n) is 11.8. The van der Waals surface area contributed by atoms with Crippen molar-refractivity contribution >= 4 is 22.7 Å². The van der Waals surface area contributed by atoms with Crippen molar-refractivity contribution in [1.29, 1.82) is 0 Å². The Kier molecular flexibility index (Phi) is 8.85. The van der Waals surface area contributed by atoms with Crippen LogP contribution in [-0.2, 0) is 0 Å². The smallest absolute Gasteiger partial charge is 0.0916 e. The van der Waals surface area contributed by atoms with Gasteiger partial charge in [-0.3, -0.25) is 4.90 Å². The topological polar surface area (TPSA) is 79.3 Å². The van der Waals surface area contributed by atoms with Crippen LogP contribution in [0.5, 0.6) is 0 Å². The maximum atomic E-state index is 5.77. The molecule has 1 aliphatic rings. The molecule has 0 radical (unpaired) electrons. The van der Waals surface area contributed by atoms with E-state index in [0.717, 1.165) is 35.8 Å². The number of quaternary nitrogens is 1. The van der Waals surface area contributed by atoms with E-state index in [1.54, 1.807) is 0 Å². The monoisotopic (exact) mass is 425 g/mol. The van der Waals surface area contributed by atoms with Gasteiger partial charge in [0.1, 0.15) is 0 Å². The molecule has 2 aromatic rings. The Labute approximate surface area is 188 Å². The summed E-state index contributed by atoms with van der Waals surface area (Å²) in [5, 5.41) is 7.04. The standard InChI is InChI=1S/C25H41N6/c1-2-18-31(19-4-14-29-25-11-7-23(27)8-12-25)20-16-30(17-21-31)15-3-13-28-24-9-5-22(26)6-10-24/h5-12,28-29H,2-4,13-21,26-27H2,1H3/q+1. The Morgan fingerprint density at radius 3 is 1.81 bits per heavy atom. The minimum Gasteiger partial charge on any atom is -0.399 e. The second-order valence-electron chi connectivity index (χ2n) is 8.88. The first-order valence-corrected chi connectivity index (χ1v) is 11.8. The summed E-state index contributed by atoms with van der Waals surface area (Å²) in [6.45, 7) is 13.1. The number of piperazine rings is 1. The molecule has 6 N–H and O–H groups in total. The van der Waals surface area contributed by atoms with E-state index in [2.05, 4.69) is 46.7 Å².